The summed E-state index contributed by atoms with van der Waals surface area (Å²) in [5.41, 5.74) is 1.85. The topological polar surface area (TPSA) is 66.2 Å². The number of nitriles is 1. The van der Waals surface area contributed by atoms with Crippen LogP contribution in [0.25, 0.3) is 0 Å². The van der Waals surface area contributed by atoms with Crippen molar-refractivity contribution in [3.05, 3.63) is 59.9 Å². The molecule has 1 amide bonds. The molecule has 2 aromatic rings. The van der Waals surface area contributed by atoms with Crippen molar-refractivity contribution in [3.8, 4) is 11.8 Å². The standard InChI is InChI=1S/C18H17N3O2/c19-9-5-11-21(13-15-7-3-4-10-20-15)18(22)17-12-14-6-1-2-8-16(14)23-17/h1-4,6-8,10,17H,5,11-13H2. The van der Waals surface area contributed by atoms with Gasteiger partial charge in [-0.05, 0) is 23.8 Å². The van der Waals surface area contributed by atoms with Crippen molar-refractivity contribution < 1.29 is 9.53 Å². The number of pyridine rings is 1. The fourth-order valence-corrected chi connectivity index (χ4v) is 2.66. The smallest absolute Gasteiger partial charge is 0.264 e. The van der Waals surface area contributed by atoms with E-state index in [1.807, 2.05) is 42.5 Å². The molecule has 1 aliphatic heterocycles. The monoisotopic (exact) mass is 307 g/mol. The van der Waals surface area contributed by atoms with Crippen molar-refractivity contribution in [2.45, 2.75) is 25.5 Å². The number of rotatable bonds is 5. The van der Waals surface area contributed by atoms with Crippen LogP contribution in [0.2, 0.25) is 0 Å². The van der Waals surface area contributed by atoms with Crippen LogP contribution in [-0.4, -0.2) is 28.4 Å². The van der Waals surface area contributed by atoms with Gasteiger partial charge in [-0.1, -0.05) is 24.3 Å². The Labute approximate surface area is 135 Å². The van der Waals surface area contributed by atoms with Crippen molar-refractivity contribution in [1.82, 2.24) is 9.88 Å². The van der Waals surface area contributed by atoms with Crippen LogP contribution in [0.4, 0.5) is 0 Å². The molecule has 0 fully saturated rings. The van der Waals surface area contributed by atoms with E-state index in [0.29, 0.717) is 19.5 Å². The number of aromatic nitrogens is 1. The largest absolute Gasteiger partial charge is 0.480 e. The maximum absolute atomic E-state index is 12.8. The van der Waals surface area contributed by atoms with Crippen molar-refractivity contribution >= 4 is 5.91 Å². The zero-order chi connectivity index (χ0) is 16.1. The SMILES string of the molecule is N#CCCN(Cc1ccccn1)C(=O)C1Cc2ccccc2O1. The molecule has 1 aromatic carbocycles. The Morgan fingerprint density at radius 3 is 2.87 bits per heavy atom. The third-order valence-electron chi connectivity index (χ3n) is 3.81. The molecular weight excluding hydrogens is 290 g/mol. The summed E-state index contributed by atoms with van der Waals surface area (Å²) in [7, 11) is 0. The van der Waals surface area contributed by atoms with Crippen LogP contribution >= 0.6 is 0 Å². The van der Waals surface area contributed by atoms with E-state index in [0.717, 1.165) is 17.0 Å². The lowest BCUT2D eigenvalue weighted by molar-refractivity contribution is -0.138. The number of benzene rings is 1. The van der Waals surface area contributed by atoms with Crippen molar-refractivity contribution in [2.24, 2.45) is 0 Å². The summed E-state index contributed by atoms with van der Waals surface area (Å²) in [6.07, 6.45) is 2.04. The fraction of sp³-hybridized carbons (Fsp3) is 0.278. The lowest BCUT2D eigenvalue weighted by atomic mass is 10.1. The highest BCUT2D eigenvalue weighted by atomic mass is 16.5. The molecule has 0 saturated carbocycles. The maximum atomic E-state index is 12.8. The lowest BCUT2D eigenvalue weighted by Crippen LogP contribution is -2.41. The fourth-order valence-electron chi connectivity index (χ4n) is 2.66. The average Bonchev–Trinajstić information content (AvgIpc) is 3.03. The van der Waals surface area contributed by atoms with Crippen molar-refractivity contribution in [2.75, 3.05) is 6.54 Å². The zero-order valence-electron chi connectivity index (χ0n) is 12.7. The van der Waals surface area contributed by atoms with Gasteiger partial charge in [0.05, 0.1) is 24.7 Å². The molecule has 5 nitrogen and oxygen atoms in total. The highest BCUT2D eigenvalue weighted by Gasteiger charge is 2.32. The second-order valence-electron chi connectivity index (χ2n) is 5.41. The molecule has 2 heterocycles. The van der Waals surface area contributed by atoms with Crippen LogP contribution in [-0.2, 0) is 17.8 Å². The Morgan fingerprint density at radius 2 is 2.13 bits per heavy atom. The number of carbonyl (C=O) groups is 1. The maximum Gasteiger partial charge on any atom is 0.264 e. The first-order valence-electron chi connectivity index (χ1n) is 7.58. The number of carbonyl (C=O) groups excluding carboxylic acids is 1. The molecule has 0 radical (unpaired) electrons. The van der Waals surface area contributed by atoms with Gasteiger partial charge in [-0.15, -0.1) is 0 Å². The molecule has 1 aromatic heterocycles. The van der Waals surface area contributed by atoms with Gasteiger partial charge in [0.25, 0.3) is 5.91 Å². The minimum Gasteiger partial charge on any atom is -0.480 e. The highest BCUT2D eigenvalue weighted by molar-refractivity contribution is 5.82. The van der Waals surface area contributed by atoms with Gasteiger partial charge in [0.2, 0.25) is 0 Å². The van der Waals surface area contributed by atoms with E-state index in [2.05, 4.69) is 11.1 Å². The summed E-state index contributed by atoms with van der Waals surface area (Å²) in [4.78, 5) is 18.7. The Morgan fingerprint density at radius 1 is 1.30 bits per heavy atom. The molecule has 1 unspecified atom stereocenters. The second kappa shape index (κ2) is 6.93. The quantitative estimate of drug-likeness (QED) is 0.850. The first kappa shape index (κ1) is 15.0. The van der Waals surface area contributed by atoms with E-state index < -0.39 is 6.10 Å². The Balaban J connectivity index is 1.72. The summed E-state index contributed by atoms with van der Waals surface area (Å²) in [5, 5.41) is 8.84. The third-order valence-corrected chi connectivity index (χ3v) is 3.81. The molecule has 3 rings (SSSR count). The van der Waals surface area contributed by atoms with E-state index >= 15 is 0 Å². The van der Waals surface area contributed by atoms with E-state index in [9.17, 15) is 4.79 Å². The number of hydrogen-bond donors (Lipinski definition) is 0. The summed E-state index contributed by atoms with van der Waals surface area (Å²) < 4.78 is 5.77. The summed E-state index contributed by atoms with van der Waals surface area (Å²) in [6, 6.07) is 15.4. The number of ether oxygens (including phenoxy) is 1. The number of para-hydroxylation sites is 1. The number of amides is 1. The average molecular weight is 307 g/mol. The number of nitrogens with zero attached hydrogens (tertiary/aromatic N) is 3. The van der Waals surface area contributed by atoms with Gasteiger partial charge >= 0.3 is 0 Å². The van der Waals surface area contributed by atoms with E-state index in [-0.39, 0.29) is 12.3 Å². The molecule has 23 heavy (non-hydrogen) atoms. The van der Waals surface area contributed by atoms with Crippen LogP contribution in [0, 0.1) is 11.3 Å². The first-order chi connectivity index (χ1) is 11.3. The Hall–Kier alpha value is -2.87. The van der Waals surface area contributed by atoms with Gasteiger partial charge in [0, 0.05) is 19.2 Å². The van der Waals surface area contributed by atoms with Crippen LogP contribution in [0.1, 0.15) is 17.7 Å². The van der Waals surface area contributed by atoms with Gasteiger partial charge in [0.15, 0.2) is 6.10 Å². The van der Waals surface area contributed by atoms with Crippen LogP contribution < -0.4 is 4.74 Å². The molecular formula is C18H17N3O2. The van der Waals surface area contributed by atoms with E-state index in [1.54, 1.807) is 11.1 Å². The first-order valence-corrected chi connectivity index (χ1v) is 7.58. The number of fused-ring (bicyclic) bond motifs is 1. The van der Waals surface area contributed by atoms with Gasteiger partial charge in [-0.25, -0.2) is 0 Å². The molecule has 0 saturated heterocycles. The molecule has 0 aliphatic carbocycles. The van der Waals surface area contributed by atoms with Crippen molar-refractivity contribution in [3.63, 3.8) is 0 Å². The van der Waals surface area contributed by atoms with Gasteiger partial charge in [-0.2, -0.15) is 5.26 Å². The Kier molecular flexibility index (Phi) is 4.53. The van der Waals surface area contributed by atoms with Crippen molar-refractivity contribution in [1.29, 1.82) is 5.26 Å². The van der Waals surface area contributed by atoms with Gasteiger partial charge < -0.3 is 9.64 Å². The third kappa shape index (κ3) is 3.49. The second-order valence-corrected chi connectivity index (χ2v) is 5.41. The molecule has 0 spiro atoms. The van der Waals surface area contributed by atoms with Crippen LogP contribution in [0.15, 0.2) is 48.7 Å². The predicted octanol–water partition coefficient (Wildman–Crippen LogP) is 2.33. The molecule has 116 valence electrons. The lowest BCUT2D eigenvalue weighted by Gasteiger charge is -2.24. The molecule has 0 N–H and O–H groups in total. The predicted molar refractivity (Wildman–Crippen MR) is 84.4 cm³/mol. The minimum absolute atomic E-state index is 0.0953. The van der Waals surface area contributed by atoms with E-state index in [1.165, 1.54) is 0 Å². The van der Waals surface area contributed by atoms with Crippen LogP contribution in [0.3, 0.4) is 0 Å². The highest BCUT2D eigenvalue weighted by Crippen LogP contribution is 2.29. The Bertz CT molecular complexity index is 700. The molecule has 5 heteroatoms. The molecule has 1 aliphatic rings. The number of hydrogen-bond acceptors (Lipinski definition) is 4. The summed E-state index contributed by atoms with van der Waals surface area (Å²) in [5.74, 6) is 0.672. The summed E-state index contributed by atoms with van der Waals surface area (Å²) in [6.45, 7) is 0.764. The molecule has 0 bridgehead atoms. The molecule has 1 atom stereocenters. The normalized spacial score (nSPS) is 15.3. The minimum atomic E-state index is -0.519. The zero-order valence-corrected chi connectivity index (χ0v) is 12.7. The summed E-state index contributed by atoms with van der Waals surface area (Å²) >= 11 is 0. The van der Waals surface area contributed by atoms with Gasteiger partial charge in [0.1, 0.15) is 5.75 Å². The van der Waals surface area contributed by atoms with Gasteiger partial charge in [-0.3, -0.25) is 9.78 Å². The van der Waals surface area contributed by atoms with Crippen LogP contribution in [0.5, 0.6) is 5.75 Å². The van der Waals surface area contributed by atoms with E-state index in [4.69, 9.17) is 10.00 Å².